The van der Waals surface area contributed by atoms with Crippen LogP contribution in [-0.4, -0.2) is 42.3 Å². The van der Waals surface area contributed by atoms with Gasteiger partial charge in [-0.05, 0) is 29.7 Å². The van der Waals surface area contributed by atoms with Crippen molar-refractivity contribution in [3.05, 3.63) is 65.7 Å². The highest BCUT2D eigenvalue weighted by Gasteiger charge is 2.27. The summed E-state index contributed by atoms with van der Waals surface area (Å²) in [4.78, 5) is 37.4. The van der Waals surface area contributed by atoms with Gasteiger partial charge in [-0.25, -0.2) is 9.59 Å². The number of hydrogen-bond donors (Lipinski definition) is 3. The smallest absolute Gasteiger partial charge is 0.408 e. The number of hydrogen-bond acceptors (Lipinski definition) is 6. The number of nitrogens with one attached hydrogen (secondary N) is 2. The van der Waals surface area contributed by atoms with Crippen molar-refractivity contribution in [2.24, 2.45) is 0 Å². The number of esters is 1. The Morgan fingerprint density at radius 1 is 0.938 bits per heavy atom. The Bertz CT molecular complexity index is 870. The van der Waals surface area contributed by atoms with Gasteiger partial charge in [-0.15, -0.1) is 0 Å². The van der Waals surface area contributed by atoms with E-state index in [9.17, 15) is 19.5 Å². The topological polar surface area (TPSA) is 114 Å². The highest BCUT2D eigenvalue weighted by atomic mass is 16.5. The maximum atomic E-state index is 12.9. The lowest BCUT2D eigenvalue weighted by Crippen LogP contribution is -2.52. The number of alkyl carbamates (subject to hydrolysis) is 1. The number of aromatic hydroxyl groups is 1. The first kappa shape index (κ1) is 24.7. The SMILES string of the molecule is CCCCC(NC(=O)OCc1ccccc1)C(=O)NC(Cc1ccc(O)cc1)C(=O)OC. The van der Waals surface area contributed by atoms with Crippen LogP contribution in [0.15, 0.2) is 54.6 Å². The number of ether oxygens (including phenoxy) is 2. The minimum Gasteiger partial charge on any atom is -0.508 e. The lowest BCUT2D eigenvalue weighted by Gasteiger charge is -2.22. The molecule has 3 N–H and O–H groups in total. The second-order valence-corrected chi connectivity index (χ2v) is 7.36. The molecule has 0 aliphatic rings. The zero-order chi connectivity index (χ0) is 23.3. The molecule has 0 bridgehead atoms. The van der Waals surface area contributed by atoms with Crippen LogP contribution in [0.25, 0.3) is 0 Å². The van der Waals surface area contributed by atoms with Crippen LogP contribution < -0.4 is 10.6 Å². The first-order chi connectivity index (χ1) is 15.4. The molecular formula is C24H30N2O6. The Balaban J connectivity index is 2.01. The molecule has 0 aromatic heterocycles. The van der Waals surface area contributed by atoms with E-state index in [2.05, 4.69) is 10.6 Å². The van der Waals surface area contributed by atoms with Crippen molar-refractivity contribution in [1.29, 1.82) is 0 Å². The third-order valence-electron chi connectivity index (χ3n) is 4.85. The maximum absolute atomic E-state index is 12.9. The number of benzene rings is 2. The van der Waals surface area contributed by atoms with E-state index in [0.717, 1.165) is 17.5 Å². The van der Waals surface area contributed by atoms with Crippen molar-refractivity contribution >= 4 is 18.0 Å². The highest BCUT2D eigenvalue weighted by Crippen LogP contribution is 2.12. The maximum Gasteiger partial charge on any atom is 0.408 e. The summed E-state index contributed by atoms with van der Waals surface area (Å²) >= 11 is 0. The van der Waals surface area contributed by atoms with Gasteiger partial charge in [0.2, 0.25) is 5.91 Å². The fourth-order valence-electron chi connectivity index (χ4n) is 3.06. The Kier molecular flexibility index (Phi) is 10.0. The zero-order valence-electron chi connectivity index (χ0n) is 18.4. The van der Waals surface area contributed by atoms with Gasteiger partial charge in [0.1, 0.15) is 24.4 Å². The number of carbonyl (C=O) groups is 3. The minimum absolute atomic E-state index is 0.0838. The molecule has 0 radical (unpaired) electrons. The summed E-state index contributed by atoms with van der Waals surface area (Å²) in [5, 5.41) is 14.7. The molecule has 2 unspecified atom stereocenters. The molecule has 2 aromatic rings. The van der Waals surface area contributed by atoms with Crippen LogP contribution in [0.2, 0.25) is 0 Å². The van der Waals surface area contributed by atoms with E-state index in [1.807, 2.05) is 37.3 Å². The van der Waals surface area contributed by atoms with Gasteiger partial charge in [-0.3, -0.25) is 4.79 Å². The molecule has 2 aromatic carbocycles. The van der Waals surface area contributed by atoms with Crippen LogP contribution in [0, 0.1) is 0 Å². The average Bonchev–Trinajstić information content (AvgIpc) is 2.81. The number of amides is 2. The monoisotopic (exact) mass is 442 g/mol. The van der Waals surface area contributed by atoms with Crippen LogP contribution in [0.4, 0.5) is 4.79 Å². The normalized spacial score (nSPS) is 12.3. The molecule has 32 heavy (non-hydrogen) atoms. The predicted octanol–water partition coefficient (Wildman–Crippen LogP) is 3.08. The molecular weight excluding hydrogens is 412 g/mol. The zero-order valence-corrected chi connectivity index (χ0v) is 18.4. The Labute approximate surface area is 187 Å². The molecule has 0 saturated heterocycles. The van der Waals surface area contributed by atoms with Gasteiger partial charge in [-0.2, -0.15) is 0 Å². The van der Waals surface area contributed by atoms with Crippen molar-refractivity contribution in [3.8, 4) is 5.75 Å². The molecule has 2 rings (SSSR count). The first-order valence-electron chi connectivity index (χ1n) is 10.6. The van der Waals surface area contributed by atoms with E-state index < -0.39 is 30.1 Å². The fourth-order valence-corrected chi connectivity index (χ4v) is 3.06. The second-order valence-electron chi connectivity index (χ2n) is 7.36. The molecule has 0 fully saturated rings. The average molecular weight is 443 g/mol. The third-order valence-corrected chi connectivity index (χ3v) is 4.85. The van der Waals surface area contributed by atoms with Gasteiger partial charge < -0.3 is 25.2 Å². The summed E-state index contributed by atoms with van der Waals surface area (Å²) in [5.41, 5.74) is 1.57. The van der Waals surface area contributed by atoms with Crippen LogP contribution in [0.3, 0.4) is 0 Å². The van der Waals surface area contributed by atoms with E-state index in [4.69, 9.17) is 9.47 Å². The number of phenols is 1. The molecule has 0 spiro atoms. The van der Waals surface area contributed by atoms with Gasteiger partial charge in [0, 0.05) is 6.42 Å². The fraction of sp³-hybridized carbons (Fsp3) is 0.375. The van der Waals surface area contributed by atoms with Crippen LogP contribution >= 0.6 is 0 Å². The number of carbonyl (C=O) groups excluding carboxylic acids is 3. The van der Waals surface area contributed by atoms with Gasteiger partial charge in [0.15, 0.2) is 0 Å². The molecule has 0 heterocycles. The molecule has 2 atom stereocenters. The molecule has 0 aliphatic heterocycles. The van der Waals surface area contributed by atoms with Gasteiger partial charge in [0.05, 0.1) is 7.11 Å². The minimum atomic E-state index is -0.941. The van der Waals surface area contributed by atoms with Crippen LogP contribution in [-0.2, 0) is 32.1 Å². The van der Waals surface area contributed by atoms with Gasteiger partial charge in [-0.1, -0.05) is 62.2 Å². The lowest BCUT2D eigenvalue weighted by molar-refractivity contribution is -0.145. The van der Waals surface area contributed by atoms with Gasteiger partial charge >= 0.3 is 12.1 Å². The lowest BCUT2D eigenvalue weighted by atomic mass is 10.0. The highest BCUT2D eigenvalue weighted by molar-refractivity contribution is 5.89. The molecule has 0 saturated carbocycles. The van der Waals surface area contributed by atoms with Crippen LogP contribution in [0.1, 0.15) is 37.3 Å². The van der Waals surface area contributed by atoms with Crippen molar-refractivity contribution in [2.75, 3.05) is 7.11 Å². The predicted molar refractivity (Wildman–Crippen MR) is 119 cm³/mol. The van der Waals surface area contributed by atoms with Crippen molar-refractivity contribution in [3.63, 3.8) is 0 Å². The van der Waals surface area contributed by atoms with Crippen LogP contribution in [0.5, 0.6) is 5.75 Å². The van der Waals surface area contributed by atoms with E-state index >= 15 is 0 Å². The standard InChI is InChI=1S/C24H30N2O6/c1-3-4-10-20(26-24(30)32-16-18-8-6-5-7-9-18)22(28)25-21(23(29)31-2)15-17-11-13-19(27)14-12-17/h5-9,11-14,20-21,27H,3-4,10,15-16H2,1-2H3,(H,25,28)(H,26,30). The Morgan fingerprint density at radius 3 is 2.25 bits per heavy atom. The summed E-state index contributed by atoms with van der Waals surface area (Å²) in [6.07, 6.45) is 1.41. The van der Waals surface area contributed by atoms with E-state index in [-0.39, 0.29) is 18.8 Å². The van der Waals surface area contributed by atoms with E-state index in [1.165, 1.54) is 19.2 Å². The first-order valence-corrected chi connectivity index (χ1v) is 10.6. The molecule has 0 aliphatic carbocycles. The van der Waals surface area contributed by atoms with E-state index in [1.54, 1.807) is 12.1 Å². The van der Waals surface area contributed by atoms with Gasteiger partial charge in [0.25, 0.3) is 0 Å². The Morgan fingerprint density at radius 2 is 1.62 bits per heavy atom. The second kappa shape index (κ2) is 13.0. The molecule has 172 valence electrons. The number of methoxy groups -OCH3 is 1. The van der Waals surface area contributed by atoms with Crippen molar-refractivity contribution in [2.45, 2.75) is 51.3 Å². The molecule has 8 nitrogen and oxygen atoms in total. The third kappa shape index (κ3) is 8.29. The summed E-state index contributed by atoms with van der Waals surface area (Å²) < 4.78 is 10.0. The van der Waals surface area contributed by atoms with E-state index in [0.29, 0.717) is 12.8 Å². The largest absolute Gasteiger partial charge is 0.508 e. The summed E-state index contributed by atoms with van der Waals surface area (Å²) in [7, 11) is 1.24. The summed E-state index contributed by atoms with van der Waals surface area (Å²) in [6.45, 7) is 2.06. The number of phenolic OH excluding ortho intramolecular Hbond substituents is 1. The number of rotatable bonds is 11. The Hall–Kier alpha value is -3.55. The molecule has 2 amide bonds. The number of unbranched alkanes of at least 4 members (excludes halogenated alkanes) is 1. The quantitative estimate of drug-likeness (QED) is 0.461. The summed E-state index contributed by atoms with van der Waals surface area (Å²) in [5.74, 6) is -0.998. The van der Waals surface area contributed by atoms with Crippen molar-refractivity contribution < 1.29 is 29.0 Å². The van der Waals surface area contributed by atoms with Crippen molar-refractivity contribution in [1.82, 2.24) is 10.6 Å². The molecule has 8 heteroatoms. The summed E-state index contributed by atoms with van der Waals surface area (Å²) in [6, 6.07) is 13.7.